The fourth-order valence-electron chi connectivity index (χ4n) is 3.70. The van der Waals surface area contributed by atoms with Crippen LogP contribution in [0.4, 0.5) is 10.2 Å². The third kappa shape index (κ3) is 5.51. The van der Waals surface area contributed by atoms with Gasteiger partial charge in [0.2, 0.25) is 11.6 Å². The normalized spacial score (nSPS) is 11.1. The number of halogens is 2. The Balaban J connectivity index is 1.37. The lowest BCUT2D eigenvalue weighted by molar-refractivity contribution is 0.0947. The summed E-state index contributed by atoms with van der Waals surface area (Å²) in [6.07, 6.45) is 1.41. The van der Waals surface area contributed by atoms with Crippen LogP contribution in [0.1, 0.15) is 21.6 Å². The molecule has 0 saturated carbocycles. The summed E-state index contributed by atoms with van der Waals surface area (Å²) in [5.74, 6) is -0.320. The quantitative estimate of drug-likeness (QED) is 0.186. The van der Waals surface area contributed by atoms with Crippen molar-refractivity contribution in [1.29, 1.82) is 0 Å². The molecule has 2 aromatic heterocycles. The van der Waals surface area contributed by atoms with Gasteiger partial charge in [-0.1, -0.05) is 53.7 Å². The molecule has 0 fully saturated rings. The first-order valence-electron chi connectivity index (χ1n) is 11.6. The third-order valence-corrected chi connectivity index (χ3v) is 6.18. The zero-order valence-corrected chi connectivity index (χ0v) is 22.4. The van der Waals surface area contributed by atoms with Crippen molar-refractivity contribution in [3.63, 3.8) is 0 Å². The lowest BCUT2D eigenvalue weighted by Crippen LogP contribution is -2.22. The average Bonchev–Trinajstić information content (AvgIpc) is 3.59. The number of benzene rings is 3. The van der Waals surface area contributed by atoms with Gasteiger partial charge in [0.15, 0.2) is 17.2 Å². The van der Waals surface area contributed by atoms with Crippen molar-refractivity contribution in [2.75, 3.05) is 12.8 Å². The lowest BCUT2D eigenvalue weighted by Gasteiger charge is -2.14. The number of hydrogen-bond donors (Lipinski definition) is 2. The Bertz CT molecular complexity index is 1690. The fraction of sp³-hybridized carbons (Fsp3) is 0.0769. The molecule has 0 aliphatic heterocycles. The van der Waals surface area contributed by atoms with Crippen LogP contribution in [-0.2, 0) is 6.61 Å². The standard InChI is InChI=1S/C26H20BrFN8O4/c1-38-20-12-15(11-18(27)23(20)39-14-17-9-5-6-10-19(17)28)13-30-32-26(37)22-21(16-7-3-2-4-8-16)31-35-36(22)25-24(29)33-40-34-25/h2-13H,14H2,1H3,(H2,29,33)(H,32,37)/b30-13+. The summed E-state index contributed by atoms with van der Waals surface area (Å²) >= 11 is 3.46. The highest BCUT2D eigenvalue weighted by Gasteiger charge is 2.26. The Morgan fingerprint density at radius 3 is 2.67 bits per heavy atom. The molecule has 14 heteroatoms. The SMILES string of the molecule is COc1cc(/C=N/NC(=O)c2c(-c3ccccc3)nnn2-c2nonc2N)cc(Br)c1OCc1ccccc1F. The number of hydrazone groups is 1. The minimum Gasteiger partial charge on any atom is -0.493 e. The average molecular weight is 607 g/mol. The minimum absolute atomic E-state index is 0.00213. The Morgan fingerprint density at radius 2 is 1.95 bits per heavy atom. The Labute approximate surface area is 234 Å². The van der Waals surface area contributed by atoms with Crippen molar-refractivity contribution in [3.05, 3.63) is 93.8 Å². The van der Waals surface area contributed by atoms with Crippen molar-refractivity contribution in [2.45, 2.75) is 6.61 Å². The number of methoxy groups -OCH3 is 1. The molecule has 202 valence electrons. The first-order chi connectivity index (χ1) is 19.5. The smallest absolute Gasteiger partial charge is 0.292 e. The Morgan fingerprint density at radius 1 is 1.18 bits per heavy atom. The van der Waals surface area contributed by atoms with Gasteiger partial charge in [0, 0.05) is 11.1 Å². The van der Waals surface area contributed by atoms with Crippen molar-refractivity contribution in [2.24, 2.45) is 5.10 Å². The van der Waals surface area contributed by atoms with E-state index in [1.165, 1.54) is 19.4 Å². The number of aromatic nitrogens is 5. The van der Waals surface area contributed by atoms with Crippen LogP contribution < -0.4 is 20.6 Å². The molecular weight excluding hydrogens is 587 g/mol. The number of ether oxygens (including phenoxy) is 2. The predicted molar refractivity (Wildman–Crippen MR) is 146 cm³/mol. The monoisotopic (exact) mass is 606 g/mol. The van der Waals surface area contributed by atoms with Crippen molar-refractivity contribution in [3.8, 4) is 28.6 Å². The third-order valence-electron chi connectivity index (χ3n) is 5.59. The van der Waals surface area contributed by atoms with Crippen LogP contribution in [0.25, 0.3) is 17.1 Å². The van der Waals surface area contributed by atoms with Gasteiger partial charge < -0.3 is 15.2 Å². The molecule has 1 amide bonds. The van der Waals surface area contributed by atoms with Crippen LogP contribution in [0, 0.1) is 5.82 Å². The number of rotatable bonds is 9. The molecule has 5 rings (SSSR count). The van der Waals surface area contributed by atoms with Gasteiger partial charge in [-0.25, -0.2) is 14.4 Å². The van der Waals surface area contributed by atoms with Gasteiger partial charge in [0.1, 0.15) is 18.1 Å². The minimum atomic E-state index is -0.640. The number of nitrogen functional groups attached to an aromatic ring is 1. The van der Waals surface area contributed by atoms with E-state index in [0.29, 0.717) is 32.7 Å². The summed E-state index contributed by atoms with van der Waals surface area (Å²) in [6, 6.07) is 18.7. The van der Waals surface area contributed by atoms with Gasteiger partial charge in [-0.3, -0.25) is 4.79 Å². The number of amides is 1. The number of anilines is 1. The second-order valence-corrected chi connectivity index (χ2v) is 9.01. The Hall–Kier alpha value is -5.11. The van der Waals surface area contributed by atoms with Gasteiger partial charge in [-0.2, -0.15) is 9.78 Å². The topological polar surface area (TPSA) is 156 Å². The first-order valence-corrected chi connectivity index (χ1v) is 12.4. The van der Waals surface area contributed by atoms with Crippen molar-refractivity contribution < 1.29 is 23.3 Å². The van der Waals surface area contributed by atoms with Crippen LogP contribution in [0.15, 0.2) is 80.9 Å². The summed E-state index contributed by atoms with van der Waals surface area (Å²) < 4.78 is 31.6. The number of hydrogen-bond acceptors (Lipinski definition) is 10. The summed E-state index contributed by atoms with van der Waals surface area (Å²) in [4.78, 5) is 13.3. The van der Waals surface area contributed by atoms with Gasteiger partial charge >= 0.3 is 0 Å². The molecule has 3 N–H and O–H groups in total. The number of nitrogens with zero attached hydrogens (tertiary/aromatic N) is 6. The molecule has 0 radical (unpaired) electrons. The zero-order valence-electron chi connectivity index (χ0n) is 20.8. The molecule has 0 bridgehead atoms. The molecule has 0 unspecified atom stereocenters. The maximum absolute atomic E-state index is 14.0. The zero-order chi connectivity index (χ0) is 28.1. The van der Waals surface area contributed by atoms with Crippen LogP contribution in [0.5, 0.6) is 11.5 Å². The molecular formula is C26H20BrFN8O4. The van der Waals surface area contributed by atoms with Crippen LogP contribution in [-0.4, -0.2) is 44.5 Å². The molecule has 12 nitrogen and oxygen atoms in total. The molecule has 3 aromatic carbocycles. The van der Waals surface area contributed by atoms with E-state index in [1.807, 2.05) is 6.07 Å². The summed E-state index contributed by atoms with van der Waals surface area (Å²) in [7, 11) is 1.48. The molecule has 5 aromatic rings. The molecule has 0 saturated heterocycles. The predicted octanol–water partition coefficient (Wildman–Crippen LogP) is 4.15. The summed E-state index contributed by atoms with van der Waals surface area (Å²) in [6.45, 7) is 0.00213. The molecule has 0 aliphatic rings. The first kappa shape index (κ1) is 26.5. The highest BCUT2D eigenvalue weighted by atomic mass is 79.9. The molecule has 2 heterocycles. The molecule has 0 spiro atoms. The van der Waals surface area contributed by atoms with Crippen LogP contribution in [0.2, 0.25) is 0 Å². The van der Waals surface area contributed by atoms with E-state index in [2.05, 4.69) is 51.7 Å². The lowest BCUT2D eigenvalue weighted by atomic mass is 10.1. The highest BCUT2D eigenvalue weighted by molar-refractivity contribution is 9.10. The number of nitrogens with one attached hydrogen (secondary N) is 1. The van der Waals surface area contributed by atoms with E-state index in [4.69, 9.17) is 15.2 Å². The van der Waals surface area contributed by atoms with Crippen molar-refractivity contribution in [1.82, 2.24) is 30.7 Å². The van der Waals surface area contributed by atoms with Crippen LogP contribution >= 0.6 is 15.9 Å². The highest BCUT2D eigenvalue weighted by Crippen LogP contribution is 2.37. The second kappa shape index (κ2) is 11.7. The number of carbonyl (C=O) groups excluding carboxylic acids is 1. The van der Waals surface area contributed by atoms with E-state index in [-0.39, 0.29) is 35.4 Å². The van der Waals surface area contributed by atoms with E-state index in [0.717, 1.165) is 4.68 Å². The fourth-order valence-corrected chi connectivity index (χ4v) is 4.27. The van der Waals surface area contributed by atoms with Crippen LogP contribution in [0.3, 0.4) is 0 Å². The largest absolute Gasteiger partial charge is 0.493 e. The number of carbonyl (C=O) groups is 1. The van der Waals surface area contributed by atoms with E-state index >= 15 is 0 Å². The molecule has 0 atom stereocenters. The van der Waals surface area contributed by atoms with Gasteiger partial charge in [0.25, 0.3) is 5.91 Å². The van der Waals surface area contributed by atoms with E-state index < -0.39 is 5.91 Å². The molecule has 40 heavy (non-hydrogen) atoms. The van der Waals surface area contributed by atoms with E-state index in [9.17, 15) is 9.18 Å². The second-order valence-electron chi connectivity index (χ2n) is 8.15. The summed E-state index contributed by atoms with van der Waals surface area (Å²) in [5, 5.41) is 19.5. The summed E-state index contributed by atoms with van der Waals surface area (Å²) in [5.41, 5.74) is 10.2. The van der Waals surface area contributed by atoms with Gasteiger partial charge in [0.05, 0.1) is 17.8 Å². The van der Waals surface area contributed by atoms with Gasteiger partial charge in [-0.05, 0) is 50.0 Å². The number of nitrogens with two attached hydrogens (primary N) is 1. The molecule has 0 aliphatic carbocycles. The maximum atomic E-state index is 14.0. The van der Waals surface area contributed by atoms with E-state index in [1.54, 1.807) is 54.6 Å². The van der Waals surface area contributed by atoms with Crippen molar-refractivity contribution >= 4 is 33.9 Å². The van der Waals surface area contributed by atoms with Gasteiger partial charge in [-0.15, -0.1) is 5.10 Å². The Kier molecular flexibility index (Phi) is 7.77. The maximum Gasteiger partial charge on any atom is 0.292 e.